The summed E-state index contributed by atoms with van der Waals surface area (Å²) in [5.41, 5.74) is -0.859. The first-order chi connectivity index (χ1) is 19.9. The van der Waals surface area contributed by atoms with Crippen molar-refractivity contribution in [1.82, 2.24) is 0 Å². The molecule has 0 amide bonds. The van der Waals surface area contributed by atoms with Crippen LogP contribution < -0.4 is 0 Å². The summed E-state index contributed by atoms with van der Waals surface area (Å²) in [4.78, 5) is 24.3. The van der Waals surface area contributed by atoms with E-state index in [1.165, 1.54) is 18.6 Å². The number of ether oxygens (including phenoxy) is 7. The van der Waals surface area contributed by atoms with E-state index in [0.29, 0.717) is 12.8 Å². The van der Waals surface area contributed by atoms with Crippen molar-refractivity contribution in [3.05, 3.63) is 23.3 Å². The third kappa shape index (κ3) is 3.42. The van der Waals surface area contributed by atoms with Gasteiger partial charge in [0.15, 0.2) is 6.29 Å². The second-order valence-corrected chi connectivity index (χ2v) is 14.5. The van der Waals surface area contributed by atoms with E-state index in [-0.39, 0.29) is 72.9 Å². The van der Waals surface area contributed by atoms with Gasteiger partial charge in [-0.1, -0.05) is 25.5 Å². The Morgan fingerprint density at radius 2 is 1.95 bits per heavy atom. The molecule has 0 aromatic heterocycles. The van der Waals surface area contributed by atoms with Gasteiger partial charge in [-0.15, -0.1) is 0 Å². The lowest BCUT2D eigenvalue weighted by Gasteiger charge is -2.61. The van der Waals surface area contributed by atoms with Gasteiger partial charge in [0.25, 0.3) is 0 Å². The largest absolute Gasteiger partial charge is 0.462 e. The zero-order valence-corrected chi connectivity index (χ0v) is 25.0. The van der Waals surface area contributed by atoms with Crippen molar-refractivity contribution in [3.63, 3.8) is 0 Å². The predicted octanol–water partition coefficient (Wildman–Crippen LogP) is 2.75. The van der Waals surface area contributed by atoms with Crippen LogP contribution in [0.1, 0.15) is 66.2 Å². The molecule has 14 atom stereocenters. The lowest BCUT2D eigenvalue weighted by atomic mass is 9.44. The molecule has 14 unspecified atom stereocenters. The number of methoxy groups -OCH3 is 1. The Morgan fingerprint density at radius 3 is 2.67 bits per heavy atom. The van der Waals surface area contributed by atoms with Crippen LogP contribution in [0.3, 0.4) is 0 Å². The van der Waals surface area contributed by atoms with Gasteiger partial charge >= 0.3 is 11.9 Å². The van der Waals surface area contributed by atoms with Crippen LogP contribution in [-0.2, 0) is 42.7 Å². The quantitative estimate of drug-likeness (QED) is 0.300. The van der Waals surface area contributed by atoms with Gasteiger partial charge in [-0.2, -0.15) is 0 Å². The van der Waals surface area contributed by atoms with E-state index in [4.69, 9.17) is 33.2 Å². The highest BCUT2D eigenvalue weighted by Crippen LogP contribution is 2.77. The van der Waals surface area contributed by atoms with Crippen LogP contribution in [0.15, 0.2) is 23.3 Å². The van der Waals surface area contributed by atoms with Crippen molar-refractivity contribution in [2.75, 3.05) is 13.7 Å². The first kappa shape index (κ1) is 27.7. The number of epoxide rings is 1. The standard InChI is InChI=1S/C32H42O10/c1-15-8-20(36-5)27-28(38-15)41-19-10-18-11-24-32(42-24)23(29(18,3)12-21(19)40-27)6-7-30(4)26(17-9-25(34)37-14-17)22(39-16(2)33)13-31(30,32)35/h9-10,15,19-24,26-28,35H,6-8,11-14H2,1-5H3. The Morgan fingerprint density at radius 1 is 1.14 bits per heavy atom. The van der Waals surface area contributed by atoms with Crippen LogP contribution in [0, 0.1) is 22.7 Å². The van der Waals surface area contributed by atoms with Gasteiger partial charge in [0.1, 0.15) is 36.1 Å². The Balaban J connectivity index is 1.14. The van der Waals surface area contributed by atoms with Crippen LogP contribution in [0.5, 0.6) is 0 Å². The Bertz CT molecular complexity index is 1280. The zero-order valence-electron chi connectivity index (χ0n) is 25.0. The molecular formula is C32H42O10. The van der Waals surface area contributed by atoms with E-state index in [0.717, 1.165) is 24.8 Å². The van der Waals surface area contributed by atoms with Crippen LogP contribution >= 0.6 is 0 Å². The summed E-state index contributed by atoms with van der Waals surface area (Å²) in [5.74, 6) is -1.07. The van der Waals surface area contributed by atoms with Crippen molar-refractivity contribution in [1.29, 1.82) is 0 Å². The number of cyclic esters (lactones) is 1. The van der Waals surface area contributed by atoms with Gasteiger partial charge in [-0.3, -0.25) is 4.79 Å². The van der Waals surface area contributed by atoms with Crippen molar-refractivity contribution < 1.29 is 47.9 Å². The molecule has 8 rings (SSSR count). The molecule has 0 aromatic rings. The molecule has 1 N–H and O–H groups in total. The van der Waals surface area contributed by atoms with E-state index < -0.39 is 35.0 Å². The summed E-state index contributed by atoms with van der Waals surface area (Å²) >= 11 is 0. The predicted molar refractivity (Wildman–Crippen MR) is 145 cm³/mol. The third-order valence-electron chi connectivity index (χ3n) is 12.5. The molecule has 6 fully saturated rings. The molecule has 10 nitrogen and oxygen atoms in total. The lowest BCUT2D eigenvalue weighted by molar-refractivity contribution is -0.345. The van der Waals surface area contributed by atoms with Crippen molar-refractivity contribution in [3.8, 4) is 0 Å². The molecule has 4 heterocycles. The molecule has 0 radical (unpaired) electrons. The summed E-state index contributed by atoms with van der Waals surface area (Å²) in [7, 11) is 1.71. The fraction of sp³-hybridized carbons (Fsp3) is 0.812. The fourth-order valence-corrected chi connectivity index (χ4v) is 10.7. The minimum Gasteiger partial charge on any atom is -0.462 e. The highest BCUT2D eigenvalue weighted by atomic mass is 16.7. The fourth-order valence-electron chi connectivity index (χ4n) is 10.7. The van der Waals surface area contributed by atoms with Crippen LogP contribution in [0.2, 0.25) is 0 Å². The zero-order chi connectivity index (χ0) is 29.4. The molecule has 42 heavy (non-hydrogen) atoms. The number of fused-ring (bicyclic) bond motifs is 5. The topological polar surface area (TPSA) is 122 Å². The first-order valence-electron chi connectivity index (χ1n) is 15.6. The maximum atomic E-state index is 13.0. The minimum atomic E-state index is -1.25. The summed E-state index contributed by atoms with van der Waals surface area (Å²) in [6.45, 7) is 7.98. The average molecular weight is 587 g/mol. The first-order valence-corrected chi connectivity index (χ1v) is 15.6. The molecule has 4 aliphatic carbocycles. The number of esters is 2. The van der Waals surface area contributed by atoms with Crippen LogP contribution in [0.25, 0.3) is 0 Å². The number of aliphatic hydroxyl groups is 1. The van der Waals surface area contributed by atoms with Crippen LogP contribution in [0.4, 0.5) is 0 Å². The number of carbonyl (C=O) groups excluding carboxylic acids is 2. The Kier molecular flexibility index (Phi) is 5.86. The number of carbonyl (C=O) groups is 2. The smallest absolute Gasteiger partial charge is 0.331 e. The van der Waals surface area contributed by atoms with E-state index in [1.807, 2.05) is 6.92 Å². The van der Waals surface area contributed by atoms with E-state index in [1.54, 1.807) is 7.11 Å². The lowest BCUT2D eigenvalue weighted by Crippen LogP contribution is -2.68. The normalized spacial score (nSPS) is 55.4. The second-order valence-electron chi connectivity index (χ2n) is 14.5. The molecule has 230 valence electrons. The number of rotatable bonds is 3. The molecular weight excluding hydrogens is 544 g/mol. The number of hydrogen-bond acceptors (Lipinski definition) is 10. The third-order valence-corrected chi connectivity index (χ3v) is 12.5. The van der Waals surface area contributed by atoms with Gasteiger partial charge in [0.05, 0.1) is 24.4 Å². The Labute approximate surface area is 246 Å². The van der Waals surface area contributed by atoms with Gasteiger partial charge in [0, 0.05) is 50.2 Å². The second kappa shape index (κ2) is 8.88. The van der Waals surface area contributed by atoms with Gasteiger partial charge in [0.2, 0.25) is 0 Å². The van der Waals surface area contributed by atoms with E-state index >= 15 is 0 Å². The molecule has 3 saturated heterocycles. The summed E-state index contributed by atoms with van der Waals surface area (Å²) < 4.78 is 43.1. The van der Waals surface area contributed by atoms with Crippen molar-refractivity contribution >= 4 is 11.9 Å². The summed E-state index contributed by atoms with van der Waals surface area (Å²) in [5, 5.41) is 13.0. The van der Waals surface area contributed by atoms with Crippen molar-refractivity contribution in [2.45, 2.75) is 126 Å². The molecule has 0 aromatic carbocycles. The molecule has 3 saturated carbocycles. The van der Waals surface area contributed by atoms with Gasteiger partial charge < -0.3 is 38.3 Å². The molecule has 1 spiro atoms. The molecule has 8 aliphatic rings. The molecule has 10 heteroatoms. The van der Waals surface area contributed by atoms with Gasteiger partial charge in [-0.05, 0) is 43.6 Å². The van der Waals surface area contributed by atoms with E-state index in [9.17, 15) is 14.7 Å². The summed E-state index contributed by atoms with van der Waals surface area (Å²) in [6, 6.07) is 0. The average Bonchev–Trinajstić information content (AvgIpc) is 3.40. The summed E-state index contributed by atoms with van der Waals surface area (Å²) in [6.07, 6.45) is 5.85. The monoisotopic (exact) mass is 586 g/mol. The SMILES string of the molecule is COC1CC(C)OC2OC3C=C4CC5OC56C(CCC5(C)C(C7=CC(=O)OC7)C(OC(C)=O)CC56O)C4(C)CC3OC12. The molecule has 0 bridgehead atoms. The minimum absolute atomic E-state index is 0.0287. The van der Waals surface area contributed by atoms with Crippen LogP contribution in [-0.4, -0.2) is 91.0 Å². The number of hydrogen-bond donors (Lipinski definition) is 1. The van der Waals surface area contributed by atoms with E-state index in [2.05, 4.69) is 19.9 Å². The molecule has 4 aliphatic heterocycles. The highest BCUT2D eigenvalue weighted by Gasteiger charge is 2.86. The Hall–Kier alpha value is -1.82. The van der Waals surface area contributed by atoms with Gasteiger partial charge in [-0.25, -0.2) is 4.79 Å². The van der Waals surface area contributed by atoms with Crippen molar-refractivity contribution in [2.24, 2.45) is 22.7 Å². The highest BCUT2D eigenvalue weighted by molar-refractivity contribution is 5.85. The maximum Gasteiger partial charge on any atom is 0.331 e. The maximum absolute atomic E-state index is 13.0.